The van der Waals surface area contributed by atoms with E-state index in [9.17, 15) is 4.79 Å². The molecule has 1 N–H and O–H groups in total. The number of morpholine rings is 1. The molecule has 2 heterocycles. The molecule has 0 bridgehead atoms. The maximum atomic E-state index is 12.0. The maximum Gasteiger partial charge on any atom is 0.230 e. The van der Waals surface area contributed by atoms with E-state index in [0.29, 0.717) is 18.3 Å². The molecule has 1 fully saturated rings. The molecule has 2 aromatic rings. The fraction of sp³-hybridized carbons (Fsp3) is 0.500. The van der Waals surface area contributed by atoms with Gasteiger partial charge >= 0.3 is 0 Å². The number of nitrogens with one attached hydrogen (secondary N) is 1. The molecular formula is C16H22N6O2S. The van der Waals surface area contributed by atoms with Gasteiger partial charge in [-0.25, -0.2) is 4.68 Å². The second kappa shape index (κ2) is 8.93. The lowest BCUT2D eigenvalue weighted by Gasteiger charge is -2.33. The van der Waals surface area contributed by atoms with Crippen molar-refractivity contribution < 1.29 is 9.53 Å². The summed E-state index contributed by atoms with van der Waals surface area (Å²) in [6, 6.07) is 10.4. The third-order valence-corrected chi connectivity index (χ3v) is 4.92. The van der Waals surface area contributed by atoms with E-state index in [2.05, 4.69) is 50.0 Å². The number of rotatable bonds is 7. The van der Waals surface area contributed by atoms with Crippen molar-refractivity contribution in [3.63, 3.8) is 0 Å². The Kier molecular flexibility index (Phi) is 6.37. The zero-order chi connectivity index (χ0) is 17.5. The van der Waals surface area contributed by atoms with Gasteiger partial charge in [-0.15, -0.1) is 5.10 Å². The van der Waals surface area contributed by atoms with E-state index in [-0.39, 0.29) is 17.8 Å². The zero-order valence-electron chi connectivity index (χ0n) is 14.2. The average Bonchev–Trinajstić information content (AvgIpc) is 3.04. The topological polar surface area (TPSA) is 85.2 Å². The van der Waals surface area contributed by atoms with Crippen LogP contribution in [0.15, 0.2) is 35.5 Å². The van der Waals surface area contributed by atoms with E-state index in [1.807, 2.05) is 6.07 Å². The van der Waals surface area contributed by atoms with Crippen molar-refractivity contribution in [2.45, 2.75) is 17.8 Å². The molecular weight excluding hydrogens is 340 g/mol. The number of nitrogens with zero attached hydrogens (tertiary/aromatic N) is 5. The minimum Gasteiger partial charge on any atom is -0.374 e. The highest BCUT2D eigenvalue weighted by atomic mass is 32.2. The van der Waals surface area contributed by atoms with E-state index in [4.69, 9.17) is 4.74 Å². The van der Waals surface area contributed by atoms with Gasteiger partial charge in [0.25, 0.3) is 0 Å². The SMILES string of the molecule is Cn1nnnc1SCC(=O)NC[C@@H]1CN(Cc2ccccc2)CCO1. The van der Waals surface area contributed by atoms with Crippen LogP contribution in [-0.2, 0) is 23.1 Å². The Morgan fingerprint density at radius 3 is 3.00 bits per heavy atom. The highest BCUT2D eigenvalue weighted by Crippen LogP contribution is 2.12. The Balaban J connectivity index is 1.39. The molecule has 1 saturated heterocycles. The zero-order valence-corrected chi connectivity index (χ0v) is 15.0. The number of aromatic nitrogens is 4. The predicted octanol–water partition coefficient (Wildman–Crippen LogP) is 0.319. The fourth-order valence-electron chi connectivity index (χ4n) is 2.64. The van der Waals surface area contributed by atoms with Crippen molar-refractivity contribution in [1.29, 1.82) is 0 Å². The maximum absolute atomic E-state index is 12.0. The first-order valence-corrected chi connectivity index (χ1v) is 9.19. The van der Waals surface area contributed by atoms with Crippen molar-refractivity contribution in [3.8, 4) is 0 Å². The van der Waals surface area contributed by atoms with Crippen LogP contribution in [0.2, 0.25) is 0 Å². The Hall–Kier alpha value is -1.97. The number of tetrazole rings is 1. The number of amides is 1. The van der Waals surface area contributed by atoms with Crippen LogP contribution in [0.3, 0.4) is 0 Å². The molecule has 8 nitrogen and oxygen atoms in total. The fourth-order valence-corrected chi connectivity index (χ4v) is 3.32. The second-order valence-electron chi connectivity index (χ2n) is 5.89. The molecule has 0 unspecified atom stereocenters. The molecule has 25 heavy (non-hydrogen) atoms. The molecule has 1 aromatic heterocycles. The molecule has 1 aliphatic heterocycles. The van der Waals surface area contributed by atoms with E-state index in [1.165, 1.54) is 17.3 Å². The summed E-state index contributed by atoms with van der Waals surface area (Å²) in [6.45, 7) is 3.84. The Labute approximate surface area is 150 Å². The van der Waals surface area contributed by atoms with E-state index in [0.717, 1.165) is 19.6 Å². The molecule has 1 aliphatic rings. The van der Waals surface area contributed by atoms with Crippen LogP contribution >= 0.6 is 11.8 Å². The lowest BCUT2D eigenvalue weighted by Crippen LogP contribution is -2.47. The molecule has 0 aliphatic carbocycles. The van der Waals surface area contributed by atoms with Gasteiger partial charge < -0.3 is 10.1 Å². The van der Waals surface area contributed by atoms with Crippen LogP contribution in [0.5, 0.6) is 0 Å². The first-order chi connectivity index (χ1) is 12.2. The van der Waals surface area contributed by atoms with Gasteiger partial charge in [-0.3, -0.25) is 9.69 Å². The molecule has 1 atom stereocenters. The third-order valence-electron chi connectivity index (χ3n) is 3.91. The summed E-state index contributed by atoms with van der Waals surface area (Å²) in [7, 11) is 1.75. The number of aryl methyl sites for hydroxylation is 1. The van der Waals surface area contributed by atoms with Gasteiger partial charge in [0.15, 0.2) is 0 Å². The summed E-state index contributed by atoms with van der Waals surface area (Å²) in [4.78, 5) is 14.3. The molecule has 0 saturated carbocycles. The average molecular weight is 362 g/mol. The minimum absolute atomic E-state index is 0.0166. The number of hydrogen-bond acceptors (Lipinski definition) is 7. The van der Waals surface area contributed by atoms with Crippen LogP contribution in [-0.4, -0.2) is 69.1 Å². The van der Waals surface area contributed by atoms with Crippen molar-refractivity contribution in [3.05, 3.63) is 35.9 Å². The van der Waals surface area contributed by atoms with Crippen molar-refractivity contribution in [1.82, 2.24) is 30.4 Å². The van der Waals surface area contributed by atoms with Gasteiger partial charge in [0, 0.05) is 33.2 Å². The molecule has 134 valence electrons. The van der Waals surface area contributed by atoms with Crippen molar-refractivity contribution >= 4 is 17.7 Å². The summed E-state index contributed by atoms with van der Waals surface area (Å²) >= 11 is 1.31. The van der Waals surface area contributed by atoms with Crippen LogP contribution in [0, 0.1) is 0 Å². The number of carbonyl (C=O) groups is 1. The number of carbonyl (C=O) groups excluding carboxylic acids is 1. The van der Waals surface area contributed by atoms with Gasteiger partial charge in [0.05, 0.1) is 18.5 Å². The largest absolute Gasteiger partial charge is 0.374 e. The summed E-state index contributed by atoms with van der Waals surface area (Å²) in [5, 5.41) is 14.7. The van der Waals surface area contributed by atoms with E-state index >= 15 is 0 Å². The quantitative estimate of drug-likeness (QED) is 0.710. The summed E-state index contributed by atoms with van der Waals surface area (Å²) in [5.41, 5.74) is 1.29. The molecule has 9 heteroatoms. The number of benzene rings is 1. The van der Waals surface area contributed by atoms with E-state index in [1.54, 1.807) is 11.7 Å². The summed E-state index contributed by atoms with van der Waals surface area (Å²) in [6.07, 6.45) is 0.0166. The number of hydrogen-bond donors (Lipinski definition) is 1. The third kappa shape index (κ3) is 5.52. The van der Waals surface area contributed by atoms with E-state index < -0.39 is 0 Å². The molecule has 1 aromatic carbocycles. The first-order valence-electron chi connectivity index (χ1n) is 8.20. The van der Waals surface area contributed by atoms with Crippen LogP contribution < -0.4 is 5.32 Å². The molecule has 3 rings (SSSR count). The van der Waals surface area contributed by atoms with Gasteiger partial charge in [0.1, 0.15) is 0 Å². The summed E-state index contributed by atoms with van der Waals surface area (Å²) in [5.74, 6) is 0.242. The highest BCUT2D eigenvalue weighted by molar-refractivity contribution is 7.99. The minimum atomic E-state index is -0.0446. The Morgan fingerprint density at radius 2 is 2.24 bits per heavy atom. The van der Waals surface area contributed by atoms with Crippen molar-refractivity contribution in [2.24, 2.45) is 7.05 Å². The lowest BCUT2D eigenvalue weighted by atomic mass is 10.2. The van der Waals surface area contributed by atoms with Crippen LogP contribution in [0.25, 0.3) is 0 Å². The first kappa shape index (κ1) is 17.8. The summed E-state index contributed by atoms with van der Waals surface area (Å²) < 4.78 is 7.31. The standard InChI is InChI=1S/C16H22N6O2S/c1-21-16(18-19-20-21)25-12-15(23)17-9-14-11-22(7-8-24-14)10-13-5-3-2-4-6-13/h2-6,14H,7-12H2,1H3,(H,17,23)/t14-/m1/s1. The Morgan fingerprint density at radius 1 is 1.40 bits per heavy atom. The monoisotopic (exact) mass is 362 g/mol. The van der Waals surface area contributed by atoms with Gasteiger partial charge in [-0.05, 0) is 16.0 Å². The molecule has 0 radical (unpaired) electrons. The number of ether oxygens (including phenoxy) is 1. The van der Waals surface area contributed by atoms with Gasteiger partial charge in [-0.2, -0.15) is 0 Å². The van der Waals surface area contributed by atoms with Crippen molar-refractivity contribution in [2.75, 3.05) is 32.0 Å². The highest BCUT2D eigenvalue weighted by Gasteiger charge is 2.21. The molecule has 0 spiro atoms. The van der Waals surface area contributed by atoms with Crippen LogP contribution in [0.1, 0.15) is 5.56 Å². The second-order valence-corrected chi connectivity index (χ2v) is 6.83. The van der Waals surface area contributed by atoms with Gasteiger partial charge in [-0.1, -0.05) is 42.1 Å². The normalized spacial score (nSPS) is 18.2. The van der Waals surface area contributed by atoms with Crippen LogP contribution in [0.4, 0.5) is 0 Å². The number of thioether (sulfide) groups is 1. The smallest absolute Gasteiger partial charge is 0.230 e. The Bertz CT molecular complexity index is 680. The van der Waals surface area contributed by atoms with Gasteiger partial charge in [0.2, 0.25) is 11.1 Å². The predicted molar refractivity (Wildman–Crippen MR) is 94.0 cm³/mol. The molecule has 1 amide bonds. The lowest BCUT2D eigenvalue weighted by molar-refractivity contribution is -0.119.